The first-order valence-corrected chi connectivity index (χ1v) is 13.6. The van der Waals surface area contributed by atoms with Gasteiger partial charge in [-0.25, -0.2) is 0 Å². The number of amides is 1. The third-order valence-electron chi connectivity index (χ3n) is 5.76. The van der Waals surface area contributed by atoms with Crippen LogP contribution in [0, 0.1) is 6.92 Å². The highest BCUT2D eigenvalue weighted by Gasteiger charge is 2.48. The number of halogens is 2. The average Bonchev–Trinajstić information content (AvgIpc) is 3.46. The number of hydrogen-bond acceptors (Lipinski definition) is 8. The van der Waals surface area contributed by atoms with Crippen LogP contribution in [0.2, 0.25) is 10.0 Å². The Morgan fingerprint density at radius 3 is 2.49 bits per heavy atom. The Labute approximate surface area is 230 Å². The number of thioether (sulfide) groups is 1. The second kappa shape index (κ2) is 10.6. The molecule has 1 fully saturated rings. The van der Waals surface area contributed by atoms with E-state index in [1.54, 1.807) is 24.3 Å². The second-order valence-corrected chi connectivity index (χ2v) is 11.2. The molecule has 11 heteroatoms. The number of Topliss-reactive ketones (excluding diaryl/α,β-unsaturated/α-hetero) is 1. The Balaban J connectivity index is 1.52. The molecule has 0 aliphatic carbocycles. The van der Waals surface area contributed by atoms with Crippen LogP contribution in [0.1, 0.15) is 28.3 Å². The third-order valence-corrected chi connectivity index (χ3v) is 8.45. The van der Waals surface area contributed by atoms with E-state index in [9.17, 15) is 14.7 Å². The molecule has 1 N–H and O–H groups in total. The number of aryl methyl sites for hydroxylation is 1. The van der Waals surface area contributed by atoms with Gasteiger partial charge < -0.3 is 5.11 Å². The van der Waals surface area contributed by atoms with Crippen molar-refractivity contribution in [1.82, 2.24) is 15.2 Å². The Hall–Kier alpha value is -3.24. The first-order valence-electron chi connectivity index (χ1n) is 11.0. The Morgan fingerprint density at radius 2 is 1.78 bits per heavy atom. The van der Waals surface area contributed by atoms with E-state index in [-0.39, 0.29) is 16.5 Å². The minimum Gasteiger partial charge on any atom is -0.507 e. The molecule has 7 nitrogen and oxygen atoms in total. The molecule has 4 aromatic rings. The molecule has 186 valence electrons. The lowest BCUT2D eigenvalue weighted by molar-refractivity contribution is -0.132. The number of carbonyl (C=O) groups excluding carboxylic acids is 2. The summed E-state index contributed by atoms with van der Waals surface area (Å²) in [4.78, 5) is 31.8. The highest BCUT2D eigenvalue weighted by Crippen LogP contribution is 2.44. The molecule has 1 saturated heterocycles. The summed E-state index contributed by atoms with van der Waals surface area (Å²) in [5.74, 6) is -1.33. The standard InChI is InChI=1S/C26H18Cl2N4O3S2/c1-14-2-4-15(5-3-14)21-20(22(33)16-8-10-29-11-9-16)23(34)24(35)32(21)25-30-31-26(37-25)36-13-17-6-7-18(27)12-19(17)28/h2-12,21,33H,13H2,1H3. The molecule has 5 rings (SSSR count). The zero-order valence-corrected chi connectivity index (χ0v) is 22.4. The van der Waals surface area contributed by atoms with Gasteiger partial charge in [-0.1, -0.05) is 82.2 Å². The maximum atomic E-state index is 13.3. The third kappa shape index (κ3) is 5.13. The molecule has 1 atom stereocenters. The number of benzene rings is 2. The van der Waals surface area contributed by atoms with Crippen molar-refractivity contribution in [3.05, 3.63) is 105 Å². The van der Waals surface area contributed by atoms with E-state index in [1.165, 1.54) is 40.4 Å². The Morgan fingerprint density at radius 1 is 1.05 bits per heavy atom. The van der Waals surface area contributed by atoms with E-state index < -0.39 is 17.7 Å². The van der Waals surface area contributed by atoms with E-state index in [2.05, 4.69) is 15.2 Å². The first-order chi connectivity index (χ1) is 17.8. The molecule has 1 aliphatic rings. The van der Waals surface area contributed by atoms with Crippen LogP contribution < -0.4 is 4.90 Å². The Kier molecular flexibility index (Phi) is 7.30. The van der Waals surface area contributed by atoms with Crippen LogP contribution in [-0.4, -0.2) is 32.0 Å². The number of anilines is 1. The molecule has 3 heterocycles. The lowest BCUT2D eigenvalue weighted by Gasteiger charge is -2.22. The number of ketones is 1. The van der Waals surface area contributed by atoms with Crippen molar-refractivity contribution >= 4 is 68.9 Å². The highest BCUT2D eigenvalue weighted by atomic mass is 35.5. The lowest BCUT2D eigenvalue weighted by Crippen LogP contribution is -2.29. The zero-order valence-electron chi connectivity index (χ0n) is 19.3. The van der Waals surface area contributed by atoms with Crippen LogP contribution >= 0.6 is 46.3 Å². The fourth-order valence-corrected chi connectivity index (χ4v) is 6.32. The molecule has 0 radical (unpaired) electrons. The van der Waals surface area contributed by atoms with Crippen molar-refractivity contribution in [2.75, 3.05) is 4.90 Å². The smallest absolute Gasteiger partial charge is 0.301 e. The van der Waals surface area contributed by atoms with Crippen molar-refractivity contribution in [2.24, 2.45) is 0 Å². The van der Waals surface area contributed by atoms with Gasteiger partial charge in [0, 0.05) is 33.8 Å². The van der Waals surface area contributed by atoms with Gasteiger partial charge in [-0.05, 0) is 42.3 Å². The number of nitrogens with zero attached hydrogens (tertiary/aromatic N) is 4. The van der Waals surface area contributed by atoms with Crippen LogP contribution in [0.5, 0.6) is 0 Å². The fraction of sp³-hybridized carbons (Fsp3) is 0.115. The molecule has 0 saturated carbocycles. The second-order valence-electron chi connectivity index (χ2n) is 8.19. The molecule has 1 unspecified atom stereocenters. The van der Waals surface area contributed by atoms with Crippen LogP contribution in [0.25, 0.3) is 5.76 Å². The number of aliphatic hydroxyl groups is 1. The summed E-state index contributed by atoms with van der Waals surface area (Å²) in [6.07, 6.45) is 3.01. The summed E-state index contributed by atoms with van der Waals surface area (Å²) in [5, 5.41) is 20.9. The van der Waals surface area contributed by atoms with Gasteiger partial charge in [0.15, 0.2) is 4.34 Å². The number of pyridine rings is 1. The lowest BCUT2D eigenvalue weighted by atomic mass is 9.95. The van der Waals surface area contributed by atoms with Gasteiger partial charge in [0.1, 0.15) is 5.76 Å². The fourth-order valence-electron chi connectivity index (χ4n) is 3.90. The van der Waals surface area contributed by atoms with Gasteiger partial charge >= 0.3 is 5.91 Å². The predicted molar refractivity (Wildman–Crippen MR) is 146 cm³/mol. The number of carbonyl (C=O) groups is 2. The maximum absolute atomic E-state index is 13.3. The van der Waals surface area contributed by atoms with Gasteiger partial charge in [-0.15, -0.1) is 10.2 Å². The van der Waals surface area contributed by atoms with Crippen molar-refractivity contribution < 1.29 is 14.7 Å². The number of hydrogen-bond donors (Lipinski definition) is 1. The number of rotatable bonds is 6. The van der Waals surface area contributed by atoms with Crippen molar-refractivity contribution in [1.29, 1.82) is 0 Å². The van der Waals surface area contributed by atoms with Crippen molar-refractivity contribution in [3.63, 3.8) is 0 Å². The van der Waals surface area contributed by atoms with Gasteiger partial charge in [0.2, 0.25) is 5.13 Å². The molecule has 37 heavy (non-hydrogen) atoms. The van der Waals surface area contributed by atoms with Crippen molar-refractivity contribution in [2.45, 2.75) is 23.1 Å². The van der Waals surface area contributed by atoms with Crippen LogP contribution in [-0.2, 0) is 15.3 Å². The number of aromatic nitrogens is 3. The summed E-state index contributed by atoms with van der Waals surface area (Å²) in [5.41, 5.74) is 2.93. The summed E-state index contributed by atoms with van der Waals surface area (Å²) < 4.78 is 0.597. The zero-order chi connectivity index (χ0) is 26.1. The molecule has 0 spiro atoms. The summed E-state index contributed by atoms with van der Waals surface area (Å²) in [6.45, 7) is 1.94. The first kappa shape index (κ1) is 25.4. The average molecular weight is 569 g/mol. The summed E-state index contributed by atoms with van der Waals surface area (Å²) in [6, 6.07) is 15.0. The van der Waals surface area contributed by atoms with Gasteiger partial charge in [-0.3, -0.25) is 19.5 Å². The highest BCUT2D eigenvalue weighted by molar-refractivity contribution is 8.00. The molecule has 2 aromatic carbocycles. The van der Waals surface area contributed by atoms with Crippen molar-refractivity contribution in [3.8, 4) is 0 Å². The van der Waals surface area contributed by atoms with Crippen LogP contribution in [0.3, 0.4) is 0 Å². The van der Waals surface area contributed by atoms with E-state index >= 15 is 0 Å². The molecule has 0 bridgehead atoms. The molecule has 2 aromatic heterocycles. The molecular weight excluding hydrogens is 551 g/mol. The van der Waals surface area contributed by atoms with Gasteiger partial charge in [0.25, 0.3) is 5.78 Å². The normalized spacial score (nSPS) is 16.9. The monoisotopic (exact) mass is 568 g/mol. The van der Waals surface area contributed by atoms with Gasteiger partial charge in [0.05, 0.1) is 11.6 Å². The quantitative estimate of drug-likeness (QED) is 0.0935. The van der Waals surface area contributed by atoms with E-state index in [4.69, 9.17) is 23.2 Å². The van der Waals surface area contributed by atoms with E-state index in [0.29, 0.717) is 31.3 Å². The minimum atomic E-state index is -0.870. The minimum absolute atomic E-state index is 0.0163. The van der Waals surface area contributed by atoms with Crippen LogP contribution in [0.4, 0.5) is 5.13 Å². The van der Waals surface area contributed by atoms with Gasteiger partial charge in [-0.2, -0.15) is 0 Å². The Bertz CT molecular complexity index is 1520. The maximum Gasteiger partial charge on any atom is 0.301 e. The molecular formula is C26H18Cl2N4O3S2. The topological polar surface area (TPSA) is 96.3 Å². The summed E-state index contributed by atoms with van der Waals surface area (Å²) in [7, 11) is 0. The largest absolute Gasteiger partial charge is 0.507 e. The molecule has 1 aliphatic heterocycles. The SMILES string of the molecule is Cc1ccc(C2C(=C(O)c3ccncc3)C(=O)C(=O)N2c2nnc(SCc3ccc(Cl)cc3Cl)s2)cc1. The summed E-state index contributed by atoms with van der Waals surface area (Å²) >= 11 is 14.9. The van der Waals surface area contributed by atoms with Crippen LogP contribution in [0.15, 0.2) is 76.9 Å². The van der Waals surface area contributed by atoms with E-state index in [1.807, 2.05) is 37.3 Å². The predicted octanol–water partition coefficient (Wildman–Crippen LogP) is 6.47. The number of aliphatic hydroxyl groups excluding tert-OH is 1. The van der Waals surface area contributed by atoms with E-state index in [0.717, 1.165) is 11.1 Å². The molecule has 1 amide bonds.